The first kappa shape index (κ1) is 14.0. The molecular weight excluding hydrogens is 280 g/mol. The van der Waals surface area contributed by atoms with Crippen LogP contribution in [0.5, 0.6) is 0 Å². The summed E-state index contributed by atoms with van der Waals surface area (Å²) in [5.41, 5.74) is 2.38. The van der Waals surface area contributed by atoms with E-state index in [0.717, 1.165) is 43.6 Å². The number of aromatic nitrogens is 3. The van der Waals surface area contributed by atoms with Crippen LogP contribution in [0.2, 0.25) is 0 Å². The summed E-state index contributed by atoms with van der Waals surface area (Å²) < 4.78 is 13.0. The highest BCUT2D eigenvalue weighted by atomic mass is 16.5. The van der Waals surface area contributed by atoms with E-state index in [1.165, 1.54) is 18.5 Å². The molecule has 0 spiro atoms. The molecule has 2 aliphatic rings. The Kier molecular flexibility index (Phi) is 3.72. The van der Waals surface area contributed by atoms with Gasteiger partial charge in [-0.2, -0.15) is 0 Å². The molecule has 118 valence electrons. The highest BCUT2D eigenvalue weighted by Crippen LogP contribution is 2.34. The zero-order chi connectivity index (χ0) is 14.9. The van der Waals surface area contributed by atoms with Gasteiger partial charge < -0.3 is 9.15 Å². The largest absolute Gasteiger partial charge is 0.468 e. The maximum Gasteiger partial charge on any atom is 0.117 e. The number of hydrogen-bond acceptors (Lipinski definition) is 5. The van der Waals surface area contributed by atoms with Crippen LogP contribution >= 0.6 is 0 Å². The van der Waals surface area contributed by atoms with E-state index in [1.54, 1.807) is 13.4 Å². The maximum absolute atomic E-state index is 5.47. The first-order valence-corrected chi connectivity index (χ1v) is 7.99. The lowest BCUT2D eigenvalue weighted by Gasteiger charge is -2.31. The summed E-state index contributed by atoms with van der Waals surface area (Å²) in [5.74, 6) is 2.12. The molecule has 22 heavy (non-hydrogen) atoms. The second-order valence-corrected chi connectivity index (χ2v) is 6.45. The molecule has 1 aliphatic carbocycles. The second kappa shape index (κ2) is 5.85. The van der Waals surface area contributed by atoms with Gasteiger partial charge >= 0.3 is 0 Å². The predicted molar refractivity (Wildman–Crippen MR) is 80.2 cm³/mol. The summed E-state index contributed by atoms with van der Waals surface area (Å²) in [5, 5.41) is 8.84. The molecule has 2 aromatic rings. The SMILES string of the molecule is COC[C@@H]1CN(Cc2ccco2)Cc2nnn(CC3CC3)c21. The summed E-state index contributed by atoms with van der Waals surface area (Å²) in [6.07, 6.45) is 4.38. The molecule has 1 fully saturated rings. The lowest BCUT2D eigenvalue weighted by Crippen LogP contribution is -2.36. The number of hydrogen-bond donors (Lipinski definition) is 0. The quantitative estimate of drug-likeness (QED) is 0.817. The van der Waals surface area contributed by atoms with Gasteiger partial charge in [0.05, 0.1) is 25.1 Å². The van der Waals surface area contributed by atoms with Crippen LogP contribution in [0.1, 0.15) is 35.9 Å². The lowest BCUT2D eigenvalue weighted by atomic mass is 9.98. The average Bonchev–Trinajstić information content (AvgIpc) is 3.00. The molecule has 1 saturated carbocycles. The van der Waals surface area contributed by atoms with Crippen LogP contribution in [0.25, 0.3) is 0 Å². The van der Waals surface area contributed by atoms with Gasteiger partial charge in [0.15, 0.2) is 0 Å². The summed E-state index contributed by atoms with van der Waals surface area (Å²) in [7, 11) is 1.76. The zero-order valence-electron chi connectivity index (χ0n) is 12.9. The van der Waals surface area contributed by atoms with Crippen molar-refractivity contribution in [1.82, 2.24) is 19.9 Å². The van der Waals surface area contributed by atoms with Gasteiger partial charge in [-0.15, -0.1) is 5.10 Å². The van der Waals surface area contributed by atoms with E-state index in [-0.39, 0.29) is 0 Å². The molecule has 0 N–H and O–H groups in total. The maximum atomic E-state index is 5.47. The molecule has 0 radical (unpaired) electrons. The molecule has 1 atom stereocenters. The highest BCUT2D eigenvalue weighted by Gasteiger charge is 2.33. The molecule has 1 aliphatic heterocycles. The van der Waals surface area contributed by atoms with Crippen molar-refractivity contribution in [2.75, 3.05) is 20.3 Å². The van der Waals surface area contributed by atoms with E-state index >= 15 is 0 Å². The molecule has 3 heterocycles. The van der Waals surface area contributed by atoms with Gasteiger partial charge in [-0.1, -0.05) is 5.21 Å². The van der Waals surface area contributed by atoms with Crippen LogP contribution in [-0.2, 0) is 24.4 Å². The van der Waals surface area contributed by atoms with Crippen LogP contribution in [0.3, 0.4) is 0 Å². The Morgan fingerprint density at radius 2 is 2.32 bits per heavy atom. The number of methoxy groups -OCH3 is 1. The summed E-state index contributed by atoms with van der Waals surface area (Å²) in [6, 6.07) is 3.95. The Morgan fingerprint density at radius 1 is 1.41 bits per heavy atom. The fraction of sp³-hybridized carbons (Fsp3) is 0.625. The minimum atomic E-state index is 0.331. The van der Waals surface area contributed by atoms with E-state index < -0.39 is 0 Å². The van der Waals surface area contributed by atoms with E-state index in [9.17, 15) is 0 Å². The molecule has 2 aromatic heterocycles. The number of ether oxygens (including phenoxy) is 1. The Labute approximate surface area is 130 Å². The molecule has 0 unspecified atom stereocenters. The van der Waals surface area contributed by atoms with Crippen molar-refractivity contribution in [3.8, 4) is 0 Å². The van der Waals surface area contributed by atoms with Crippen molar-refractivity contribution in [3.63, 3.8) is 0 Å². The third-order valence-corrected chi connectivity index (χ3v) is 4.54. The topological polar surface area (TPSA) is 56.3 Å². The van der Waals surface area contributed by atoms with Gasteiger partial charge in [-0.05, 0) is 30.9 Å². The molecule has 0 bridgehead atoms. The standard InChI is InChI=1S/C16H22N4O2/c1-21-11-13-8-19(9-14-3-2-6-22-14)10-15-16(13)20(18-17-15)7-12-4-5-12/h2-3,6,12-13H,4-5,7-11H2,1H3/t13-/m0/s1. The number of furan rings is 1. The molecule has 0 amide bonds. The van der Waals surface area contributed by atoms with Gasteiger partial charge in [-0.3, -0.25) is 4.90 Å². The molecular formula is C16H22N4O2. The van der Waals surface area contributed by atoms with Crippen molar-refractivity contribution < 1.29 is 9.15 Å². The van der Waals surface area contributed by atoms with Crippen molar-refractivity contribution >= 4 is 0 Å². The predicted octanol–water partition coefficient (Wildman–Crippen LogP) is 2.03. The second-order valence-electron chi connectivity index (χ2n) is 6.45. The van der Waals surface area contributed by atoms with Gasteiger partial charge in [0.1, 0.15) is 11.5 Å². The Balaban J connectivity index is 1.55. The monoisotopic (exact) mass is 302 g/mol. The number of fused-ring (bicyclic) bond motifs is 1. The summed E-state index contributed by atoms with van der Waals surface area (Å²) in [4.78, 5) is 2.36. The smallest absolute Gasteiger partial charge is 0.117 e. The lowest BCUT2D eigenvalue weighted by molar-refractivity contribution is 0.127. The Hall–Kier alpha value is -1.66. The van der Waals surface area contributed by atoms with Crippen LogP contribution in [0.15, 0.2) is 22.8 Å². The number of nitrogens with zero attached hydrogens (tertiary/aromatic N) is 4. The minimum Gasteiger partial charge on any atom is -0.468 e. The fourth-order valence-electron chi connectivity index (χ4n) is 3.35. The first-order valence-electron chi connectivity index (χ1n) is 7.99. The van der Waals surface area contributed by atoms with Gasteiger partial charge in [-0.25, -0.2) is 4.68 Å². The van der Waals surface area contributed by atoms with E-state index in [0.29, 0.717) is 12.5 Å². The van der Waals surface area contributed by atoms with E-state index in [4.69, 9.17) is 9.15 Å². The van der Waals surface area contributed by atoms with Gasteiger partial charge in [0, 0.05) is 32.7 Å². The average molecular weight is 302 g/mol. The van der Waals surface area contributed by atoms with Crippen LogP contribution < -0.4 is 0 Å². The third-order valence-electron chi connectivity index (χ3n) is 4.54. The van der Waals surface area contributed by atoms with Crippen LogP contribution in [-0.4, -0.2) is 40.2 Å². The molecule has 0 aromatic carbocycles. The first-order chi connectivity index (χ1) is 10.8. The molecule has 4 rings (SSSR count). The molecule has 0 saturated heterocycles. The minimum absolute atomic E-state index is 0.331. The normalized spacial score (nSPS) is 22.0. The van der Waals surface area contributed by atoms with E-state index in [1.807, 2.05) is 12.1 Å². The van der Waals surface area contributed by atoms with Crippen molar-refractivity contribution in [2.24, 2.45) is 5.92 Å². The van der Waals surface area contributed by atoms with Crippen molar-refractivity contribution in [1.29, 1.82) is 0 Å². The van der Waals surface area contributed by atoms with Crippen molar-refractivity contribution in [3.05, 3.63) is 35.5 Å². The van der Waals surface area contributed by atoms with Gasteiger partial charge in [0.25, 0.3) is 0 Å². The molecule has 6 heteroatoms. The number of rotatable bonds is 6. The molecule has 6 nitrogen and oxygen atoms in total. The fourth-order valence-corrected chi connectivity index (χ4v) is 3.35. The van der Waals surface area contributed by atoms with E-state index in [2.05, 4.69) is 19.9 Å². The van der Waals surface area contributed by atoms with Crippen LogP contribution in [0, 0.1) is 5.92 Å². The summed E-state index contributed by atoms with van der Waals surface area (Å²) in [6.45, 7) is 4.32. The van der Waals surface area contributed by atoms with Gasteiger partial charge in [0.2, 0.25) is 0 Å². The Morgan fingerprint density at radius 3 is 3.05 bits per heavy atom. The third kappa shape index (κ3) is 2.80. The summed E-state index contributed by atoms with van der Waals surface area (Å²) >= 11 is 0. The van der Waals surface area contributed by atoms with Crippen molar-refractivity contribution in [2.45, 2.75) is 38.4 Å². The Bertz CT molecular complexity index is 618. The zero-order valence-corrected chi connectivity index (χ0v) is 12.9. The highest BCUT2D eigenvalue weighted by molar-refractivity contribution is 5.20. The van der Waals surface area contributed by atoms with Crippen LogP contribution in [0.4, 0.5) is 0 Å².